The van der Waals surface area contributed by atoms with Crippen LogP contribution in [0.5, 0.6) is 0 Å². The molecule has 1 aliphatic rings. The lowest BCUT2D eigenvalue weighted by Gasteiger charge is -2.32. The van der Waals surface area contributed by atoms with Gasteiger partial charge in [-0.3, -0.25) is 9.59 Å². The summed E-state index contributed by atoms with van der Waals surface area (Å²) in [6, 6.07) is 1.88. The van der Waals surface area contributed by atoms with Crippen LogP contribution in [0.4, 0.5) is 0 Å². The van der Waals surface area contributed by atoms with Gasteiger partial charge in [0.05, 0.1) is 0 Å². The SMILES string of the molecule is O=C(O)CCC1CCCN(C(=O)c2sccc2Br)C1. The highest BCUT2D eigenvalue weighted by Gasteiger charge is 2.26. The number of likely N-dealkylation sites (tertiary alicyclic amines) is 1. The summed E-state index contributed by atoms with van der Waals surface area (Å²) in [5.41, 5.74) is 0. The van der Waals surface area contributed by atoms with Crippen LogP contribution < -0.4 is 0 Å². The smallest absolute Gasteiger partial charge is 0.303 e. The van der Waals surface area contributed by atoms with E-state index in [-0.39, 0.29) is 12.3 Å². The van der Waals surface area contributed by atoms with Crippen molar-refractivity contribution >= 4 is 39.1 Å². The number of carboxylic acid groups (broad SMARTS) is 1. The first-order chi connectivity index (χ1) is 9.08. The summed E-state index contributed by atoms with van der Waals surface area (Å²) in [6.07, 6.45) is 2.82. The number of aliphatic carboxylic acids is 1. The van der Waals surface area contributed by atoms with E-state index >= 15 is 0 Å². The number of amides is 1. The third kappa shape index (κ3) is 3.79. The molecule has 1 aromatic heterocycles. The highest BCUT2D eigenvalue weighted by Crippen LogP contribution is 2.27. The van der Waals surface area contributed by atoms with Crippen LogP contribution in [0.15, 0.2) is 15.9 Å². The molecule has 4 nitrogen and oxygen atoms in total. The number of hydrogen-bond donors (Lipinski definition) is 1. The number of rotatable bonds is 4. The van der Waals surface area contributed by atoms with Crippen molar-refractivity contribution < 1.29 is 14.7 Å². The zero-order chi connectivity index (χ0) is 13.8. The number of carboxylic acids is 1. The zero-order valence-corrected chi connectivity index (χ0v) is 12.9. The molecule has 1 saturated heterocycles. The van der Waals surface area contributed by atoms with E-state index in [2.05, 4.69) is 15.9 Å². The average molecular weight is 346 g/mol. The van der Waals surface area contributed by atoms with Crippen LogP contribution >= 0.6 is 27.3 Å². The maximum Gasteiger partial charge on any atom is 0.303 e. The number of carbonyl (C=O) groups excluding carboxylic acids is 1. The molecule has 0 radical (unpaired) electrons. The highest BCUT2D eigenvalue weighted by atomic mass is 79.9. The minimum Gasteiger partial charge on any atom is -0.481 e. The van der Waals surface area contributed by atoms with Gasteiger partial charge in [-0.25, -0.2) is 0 Å². The molecule has 1 aliphatic heterocycles. The van der Waals surface area contributed by atoms with Crippen molar-refractivity contribution in [2.45, 2.75) is 25.7 Å². The molecule has 0 aromatic carbocycles. The molecule has 0 spiro atoms. The van der Waals surface area contributed by atoms with Gasteiger partial charge in [-0.05, 0) is 52.6 Å². The maximum absolute atomic E-state index is 12.4. The highest BCUT2D eigenvalue weighted by molar-refractivity contribution is 9.10. The molecular formula is C13H16BrNO3S. The van der Waals surface area contributed by atoms with Gasteiger partial charge in [0.25, 0.3) is 5.91 Å². The molecule has 19 heavy (non-hydrogen) atoms. The fraction of sp³-hybridized carbons (Fsp3) is 0.538. The molecule has 2 rings (SSSR count). The van der Waals surface area contributed by atoms with Crippen molar-refractivity contribution in [3.05, 3.63) is 20.8 Å². The van der Waals surface area contributed by atoms with Crippen molar-refractivity contribution in [3.8, 4) is 0 Å². The molecule has 2 heterocycles. The fourth-order valence-corrected chi connectivity index (χ4v) is 3.91. The molecule has 0 bridgehead atoms. The van der Waals surface area contributed by atoms with Gasteiger partial charge in [-0.1, -0.05) is 0 Å². The molecule has 0 aliphatic carbocycles. The standard InChI is InChI=1S/C13H16BrNO3S/c14-10-5-7-19-12(10)13(18)15-6-1-2-9(8-15)3-4-11(16)17/h5,7,9H,1-4,6,8H2,(H,16,17). The minimum absolute atomic E-state index is 0.0573. The summed E-state index contributed by atoms with van der Waals surface area (Å²) < 4.78 is 0.843. The van der Waals surface area contributed by atoms with Gasteiger partial charge in [-0.2, -0.15) is 0 Å². The number of carbonyl (C=O) groups is 2. The first kappa shape index (κ1) is 14.5. The first-order valence-electron chi connectivity index (χ1n) is 6.32. The Kier molecular flexibility index (Phi) is 4.99. The molecule has 1 amide bonds. The monoisotopic (exact) mass is 345 g/mol. The number of hydrogen-bond acceptors (Lipinski definition) is 3. The summed E-state index contributed by atoms with van der Waals surface area (Å²) in [4.78, 5) is 25.5. The Morgan fingerprint density at radius 3 is 2.95 bits per heavy atom. The van der Waals surface area contributed by atoms with Crippen LogP contribution in [0.2, 0.25) is 0 Å². The third-order valence-corrected chi connectivity index (χ3v) is 5.21. The quantitative estimate of drug-likeness (QED) is 0.911. The molecule has 1 N–H and O–H groups in total. The molecule has 1 unspecified atom stereocenters. The Bertz CT molecular complexity index is 474. The second-order valence-electron chi connectivity index (χ2n) is 4.79. The van der Waals surface area contributed by atoms with Gasteiger partial charge >= 0.3 is 5.97 Å². The second-order valence-corrected chi connectivity index (χ2v) is 6.56. The van der Waals surface area contributed by atoms with Gasteiger partial charge in [0.15, 0.2) is 0 Å². The molecule has 1 atom stereocenters. The number of thiophene rings is 1. The van der Waals surface area contributed by atoms with E-state index in [0.717, 1.165) is 28.7 Å². The van der Waals surface area contributed by atoms with Crippen molar-refractivity contribution in [1.29, 1.82) is 0 Å². The predicted molar refractivity (Wildman–Crippen MR) is 77.5 cm³/mol. The van der Waals surface area contributed by atoms with Crippen molar-refractivity contribution in [2.24, 2.45) is 5.92 Å². The fourth-order valence-electron chi connectivity index (χ4n) is 2.40. The first-order valence-corrected chi connectivity index (χ1v) is 7.99. The predicted octanol–water partition coefficient (Wildman–Crippen LogP) is 3.23. The van der Waals surface area contributed by atoms with Gasteiger partial charge in [0.1, 0.15) is 4.88 Å². The summed E-state index contributed by atoms with van der Waals surface area (Å²) in [6.45, 7) is 1.45. The van der Waals surface area contributed by atoms with Crippen LogP contribution in [-0.4, -0.2) is 35.0 Å². The summed E-state index contributed by atoms with van der Waals surface area (Å²) in [7, 11) is 0. The van der Waals surface area contributed by atoms with E-state index in [0.29, 0.717) is 18.9 Å². The van der Waals surface area contributed by atoms with Crippen molar-refractivity contribution in [1.82, 2.24) is 4.90 Å². The average Bonchev–Trinajstić information content (AvgIpc) is 2.82. The van der Waals surface area contributed by atoms with Crippen molar-refractivity contribution in [3.63, 3.8) is 0 Å². The van der Waals surface area contributed by atoms with E-state index in [9.17, 15) is 9.59 Å². The van der Waals surface area contributed by atoms with Gasteiger partial charge in [0.2, 0.25) is 0 Å². The van der Waals surface area contributed by atoms with E-state index in [4.69, 9.17) is 5.11 Å². The minimum atomic E-state index is -0.760. The molecule has 6 heteroatoms. The second kappa shape index (κ2) is 6.52. The number of halogens is 1. The molecular weight excluding hydrogens is 330 g/mol. The Hall–Kier alpha value is -0.880. The molecule has 0 saturated carbocycles. The number of nitrogens with zero attached hydrogens (tertiary/aromatic N) is 1. The Balaban J connectivity index is 1.95. The van der Waals surface area contributed by atoms with Crippen LogP contribution in [0, 0.1) is 5.92 Å². The van der Waals surface area contributed by atoms with Crippen LogP contribution in [0.1, 0.15) is 35.4 Å². The van der Waals surface area contributed by atoms with E-state index in [1.807, 2.05) is 16.3 Å². The normalized spacial score (nSPS) is 19.4. The lowest BCUT2D eigenvalue weighted by molar-refractivity contribution is -0.137. The van der Waals surface area contributed by atoms with Gasteiger partial charge in [-0.15, -0.1) is 11.3 Å². The van der Waals surface area contributed by atoms with Crippen LogP contribution in [-0.2, 0) is 4.79 Å². The zero-order valence-electron chi connectivity index (χ0n) is 10.5. The molecule has 1 aromatic rings. The Morgan fingerprint density at radius 2 is 2.32 bits per heavy atom. The molecule has 104 valence electrons. The van der Waals surface area contributed by atoms with Gasteiger partial charge in [0, 0.05) is 24.0 Å². The third-order valence-electron chi connectivity index (χ3n) is 3.38. The van der Waals surface area contributed by atoms with Crippen LogP contribution in [0.3, 0.4) is 0 Å². The lowest BCUT2D eigenvalue weighted by atomic mass is 9.93. The van der Waals surface area contributed by atoms with Crippen molar-refractivity contribution in [2.75, 3.05) is 13.1 Å². The lowest BCUT2D eigenvalue weighted by Crippen LogP contribution is -2.39. The van der Waals surface area contributed by atoms with E-state index < -0.39 is 5.97 Å². The largest absolute Gasteiger partial charge is 0.481 e. The van der Waals surface area contributed by atoms with Gasteiger partial charge < -0.3 is 10.0 Å². The summed E-state index contributed by atoms with van der Waals surface area (Å²) in [5, 5.41) is 10.6. The summed E-state index contributed by atoms with van der Waals surface area (Å²) >= 11 is 4.82. The van der Waals surface area contributed by atoms with Crippen LogP contribution in [0.25, 0.3) is 0 Å². The Morgan fingerprint density at radius 1 is 1.53 bits per heavy atom. The summed E-state index contributed by atoms with van der Waals surface area (Å²) in [5.74, 6) is -0.390. The topological polar surface area (TPSA) is 57.6 Å². The Labute approximate surface area is 124 Å². The van der Waals surface area contributed by atoms with E-state index in [1.165, 1.54) is 11.3 Å². The van der Waals surface area contributed by atoms with E-state index in [1.54, 1.807) is 0 Å². The molecule has 1 fully saturated rings. The maximum atomic E-state index is 12.4. The number of piperidine rings is 1.